The summed E-state index contributed by atoms with van der Waals surface area (Å²) < 4.78 is 1.60. The molecule has 2 amide bonds. The summed E-state index contributed by atoms with van der Waals surface area (Å²) in [4.78, 5) is 26.0. The van der Waals surface area contributed by atoms with Crippen LogP contribution in [0, 0.1) is 0 Å². The Balaban J connectivity index is 0.00000156. The first-order chi connectivity index (χ1) is 11.0. The summed E-state index contributed by atoms with van der Waals surface area (Å²) in [6, 6.07) is 2.68. The van der Waals surface area contributed by atoms with Gasteiger partial charge in [-0.1, -0.05) is 0 Å². The molecule has 0 aromatic carbocycles. The van der Waals surface area contributed by atoms with Crippen molar-refractivity contribution in [2.75, 3.05) is 13.6 Å². The van der Waals surface area contributed by atoms with Crippen LogP contribution in [0.4, 0.5) is 0 Å². The fourth-order valence-electron chi connectivity index (χ4n) is 3.68. The Kier molecular flexibility index (Phi) is 8.18. The molecule has 0 aliphatic carbocycles. The number of piperidine rings is 1. The number of aromatic nitrogens is 2. The van der Waals surface area contributed by atoms with E-state index in [1.807, 2.05) is 0 Å². The highest BCUT2D eigenvalue weighted by Crippen LogP contribution is 2.26. The van der Waals surface area contributed by atoms with Crippen molar-refractivity contribution < 1.29 is 9.59 Å². The average Bonchev–Trinajstić information content (AvgIpc) is 3.15. The van der Waals surface area contributed by atoms with Gasteiger partial charge < -0.3 is 15.5 Å². The van der Waals surface area contributed by atoms with Gasteiger partial charge in [0.2, 0.25) is 11.8 Å². The normalized spacial score (nSPS) is 25.3. The van der Waals surface area contributed by atoms with Crippen LogP contribution >= 0.6 is 24.8 Å². The first-order valence-corrected chi connectivity index (χ1v) is 8.32. The number of hydrogen-bond donors (Lipinski definition) is 2. The molecule has 1 aromatic heterocycles. The first kappa shape index (κ1) is 21.7. The number of halogens is 2. The summed E-state index contributed by atoms with van der Waals surface area (Å²) in [5.41, 5.74) is 0. The van der Waals surface area contributed by atoms with E-state index in [-0.39, 0.29) is 49.2 Å². The van der Waals surface area contributed by atoms with Crippen molar-refractivity contribution in [1.29, 1.82) is 0 Å². The monoisotopic (exact) mass is 391 g/mol. The number of nitrogens with zero attached hydrogens (tertiary/aromatic N) is 3. The van der Waals surface area contributed by atoms with Gasteiger partial charge in [0.05, 0.1) is 6.54 Å². The molecule has 3 atom stereocenters. The minimum Gasteiger partial charge on any atom is -0.352 e. The van der Waals surface area contributed by atoms with Crippen LogP contribution in [0.25, 0.3) is 0 Å². The van der Waals surface area contributed by atoms with Crippen molar-refractivity contribution in [2.45, 2.75) is 56.8 Å². The number of nitrogens with one attached hydrogen (secondary N) is 2. The maximum absolute atomic E-state index is 12.4. The number of amides is 2. The molecule has 142 valence electrons. The molecular formula is C16H27Cl2N5O2. The van der Waals surface area contributed by atoms with Crippen molar-refractivity contribution in [3.8, 4) is 0 Å². The van der Waals surface area contributed by atoms with E-state index in [9.17, 15) is 9.59 Å². The molecule has 3 rings (SSSR count). The number of hydrogen-bond acceptors (Lipinski definition) is 4. The fourth-order valence-corrected chi connectivity index (χ4v) is 3.68. The number of rotatable bonds is 5. The molecule has 2 fully saturated rings. The average molecular weight is 392 g/mol. The van der Waals surface area contributed by atoms with Gasteiger partial charge in [-0.3, -0.25) is 14.3 Å². The molecule has 1 aromatic rings. The smallest absolute Gasteiger partial charge is 0.247 e. The van der Waals surface area contributed by atoms with Crippen molar-refractivity contribution in [3.05, 3.63) is 18.5 Å². The highest BCUT2D eigenvalue weighted by Gasteiger charge is 2.34. The molecule has 2 bridgehead atoms. The lowest BCUT2D eigenvalue weighted by Gasteiger charge is -2.30. The molecule has 2 aliphatic heterocycles. The molecule has 0 radical (unpaired) electrons. The van der Waals surface area contributed by atoms with Crippen LogP contribution < -0.4 is 10.6 Å². The molecular weight excluding hydrogens is 365 g/mol. The molecule has 25 heavy (non-hydrogen) atoms. The molecule has 2 N–H and O–H groups in total. The van der Waals surface area contributed by atoms with E-state index in [4.69, 9.17) is 0 Å². The van der Waals surface area contributed by atoms with Crippen LogP contribution in [0.3, 0.4) is 0 Å². The van der Waals surface area contributed by atoms with Crippen molar-refractivity contribution >= 4 is 36.6 Å². The topological polar surface area (TPSA) is 79.3 Å². The molecule has 2 aliphatic rings. The maximum atomic E-state index is 12.4. The van der Waals surface area contributed by atoms with Crippen LogP contribution in [0.1, 0.15) is 38.6 Å². The van der Waals surface area contributed by atoms with Crippen molar-refractivity contribution in [1.82, 2.24) is 25.3 Å². The summed E-state index contributed by atoms with van der Waals surface area (Å²) >= 11 is 0. The van der Waals surface area contributed by atoms with Gasteiger partial charge in [0, 0.05) is 37.6 Å². The third-order valence-corrected chi connectivity index (χ3v) is 4.87. The molecule has 9 heteroatoms. The van der Waals surface area contributed by atoms with Crippen LogP contribution in [0.5, 0.6) is 0 Å². The Morgan fingerprint density at radius 1 is 1.32 bits per heavy atom. The molecule has 7 nitrogen and oxygen atoms in total. The van der Waals surface area contributed by atoms with Gasteiger partial charge in [0.25, 0.3) is 0 Å². The Bertz CT molecular complexity index is 557. The van der Waals surface area contributed by atoms with Crippen LogP contribution in [0.2, 0.25) is 0 Å². The third kappa shape index (κ3) is 5.33. The Morgan fingerprint density at radius 2 is 1.96 bits per heavy atom. The van der Waals surface area contributed by atoms with Gasteiger partial charge in [-0.2, -0.15) is 5.10 Å². The van der Waals surface area contributed by atoms with E-state index in [1.54, 1.807) is 37.1 Å². The summed E-state index contributed by atoms with van der Waals surface area (Å²) in [7, 11) is 1.66. The number of carbonyl (C=O) groups excluding carboxylic acids is 2. The predicted octanol–water partition coefficient (Wildman–Crippen LogP) is 1.15. The summed E-state index contributed by atoms with van der Waals surface area (Å²) in [6.45, 7) is 1.87. The SMILES string of the molecule is CC(C(=O)N(C)CC(=O)NC1CC2CCC(C1)N2)n1cccn1.Cl.Cl. The first-order valence-electron chi connectivity index (χ1n) is 8.32. The maximum Gasteiger partial charge on any atom is 0.247 e. The number of fused-ring (bicyclic) bond motifs is 2. The second kappa shape index (κ2) is 9.40. The molecule has 3 heterocycles. The lowest BCUT2D eigenvalue weighted by Crippen LogP contribution is -2.50. The standard InChI is InChI=1S/C16H25N5O2.2ClH/c1-11(21-7-3-6-17-21)16(23)20(2)10-15(22)19-14-8-12-4-5-13(9-14)18-12;;/h3,6-7,11-14,18H,4-5,8-10H2,1-2H3,(H,19,22);2*1H. The molecule has 0 spiro atoms. The summed E-state index contributed by atoms with van der Waals surface area (Å²) in [5.74, 6) is -0.200. The number of likely N-dealkylation sites (N-methyl/N-ethyl adjacent to an activating group) is 1. The fraction of sp³-hybridized carbons (Fsp3) is 0.688. The van der Waals surface area contributed by atoms with Crippen LogP contribution in [0.15, 0.2) is 18.5 Å². The van der Waals surface area contributed by atoms with Crippen molar-refractivity contribution in [3.63, 3.8) is 0 Å². The Morgan fingerprint density at radius 3 is 2.52 bits per heavy atom. The molecule has 0 saturated carbocycles. The zero-order valence-electron chi connectivity index (χ0n) is 14.6. The van der Waals surface area contributed by atoms with E-state index in [2.05, 4.69) is 15.7 Å². The second-order valence-electron chi connectivity index (χ2n) is 6.73. The van der Waals surface area contributed by atoms with Crippen molar-refractivity contribution in [2.24, 2.45) is 0 Å². The lowest BCUT2D eigenvalue weighted by atomic mass is 10.00. The number of carbonyl (C=O) groups is 2. The van der Waals surface area contributed by atoms with E-state index in [0.717, 1.165) is 12.8 Å². The predicted molar refractivity (Wildman–Crippen MR) is 100 cm³/mol. The largest absolute Gasteiger partial charge is 0.352 e. The second-order valence-corrected chi connectivity index (χ2v) is 6.73. The van der Waals surface area contributed by atoms with Gasteiger partial charge in [-0.25, -0.2) is 0 Å². The zero-order chi connectivity index (χ0) is 16.4. The van der Waals surface area contributed by atoms with Gasteiger partial charge in [-0.05, 0) is 38.7 Å². The zero-order valence-corrected chi connectivity index (χ0v) is 16.2. The van der Waals surface area contributed by atoms with Gasteiger partial charge >= 0.3 is 0 Å². The third-order valence-electron chi connectivity index (χ3n) is 4.87. The Labute approximate surface area is 160 Å². The highest BCUT2D eigenvalue weighted by atomic mass is 35.5. The van der Waals surface area contributed by atoms with E-state index in [0.29, 0.717) is 12.1 Å². The Hall–Kier alpha value is -1.31. The van der Waals surface area contributed by atoms with Gasteiger partial charge in [0.1, 0.15) is 6.04 Å². The molecule has 2 saturated heterocycles. The van der Waals surface area contributed by atoms with Crippen LogP contribution in [-0.4, -0.2) is 58.2 Å². The van der Waals surface area contributed by atoms with E-state index < -0.39 is 6.04 Å². The van der Waals surface area contributed by atoms with E-state index >= 15 is 0 Å². The minimum atomic E-state index is -0.405. The van der Waals surface area contributed by atoms with Crippen LogP contribution in [-0.2, 0) is 9.59 Å². The van der Waals surface area contributed by atoms with E-state index in [1.165, 1.54) is 17.7 Å². The minimum absolute atomic E-state index is 0. The quantitative estimate of drug-likeness (QED) is 0.788. The van der Waals surface area contributed by atoms with Gasteiger partial charge in [0.15, 0.2) is 0 Å². The summed E-state index contributed by atoms with van der Waals surface area (Å²) in [5, 5.41) is 10.7. The molecule has 3 unspecified atom stereocenters. The lowest BCUT2D eigenvalue weighted by molar-refractivity contribution is -0.137. The highest BCUT2D eigenvalue weighted by molar-refractivity contribution is 5.86. The summed E-state index contributed by atoms with van der Waals surface area (Å²) in [6.07, 6.45) is 7.78. The van der Waals surface area contributed by atoms with Gasteiger partial charge in [-0.15, -0.1) is 24.8 Å².